The van der Waals surface area contributed by atoms with Gasteiger partial charge in [-0.3, -0.25) is 0 Å². The van der Waals surface area contributed by atoms with Crippen LogP contribution in [0.1, 0.15) is 48.9 Å². The first kappa shape index (κ1) is 10.1. The fraction of sp³-hybridized carbons (Fsp3) is 0.500. The Balaban J connectivity index is 2.05. The van der Waals surface area contributed by atoms with Crippen LogP contribution in [0.25, 0.3) is 5.57 Å². The van der Waals surface area contributed by atoms with Crippen LogP contribution in [0.2, 0.25) is 0 Å². The number of rotatable bonds is 2. The van der Waals surface area contributed by atoms with Gasteiger partial charge in [0.1, 0.15) is 0 Å². The summed E-state index contributed by atoms with van der Waals surface area (Å²) >= 11 is 0. The standard InChI is InChI=1S/C16H20/c1-11(2)10-14-9-8-13-7-6-12-4-3-5-15(12)16(13)14/h6-7,9,11H,3-5,8,10H2,1-2H3. The molecule has 0 spiro atoms. The van der Waals surface area contributed by atoms with E-state index in [0.29, 0.717) is 0 Å². The number of hydrogen-bond acceptors (Lipinski definition) is 0. The van der Waals surface area contributed by atoms with Crippen molar-refractivity contribution < 1.29 is 0 Å². The second kappa shape index (κ2) is 3.76. The zero-order valence-electron chi connectivity index (χ0n) is 10.3. The Morgan fingerprint density at radius 3 is 2.75 bits per heavy atom. The minimum absolute atomic E-state index is 0.773. The summed E-state index contributed by atoms with van der Waals surface area (Å²) in [5.74, 6) is 0.773. The Morgan fingerprint density at radius 1 is 1.12 bits per heavy atom. The highest BCUT2D eigenvalue weighted by atomic mass is 14.3. The average Bonchev–Trinajstić information content (AvgIpc) is 2.82. The van der Waals surface area contributed by atoms with Crippen molar-refractivity contribution in [2.75, 3.05) is 0 Å². The van der Waals surface area contributed by atoms with Crippen molar-refractivity contribution in [3.05, 3.63) is 40.5 Å². The molecule has 0 nitrogen and oxygen atoms in total. The monoisotopic (exact) mass is 212 g/mol. The first-order valence-corrected chi connectivity index (χ1v) is 6.58. The predicted molar refractivity (Wildman–Crippen MR) is 69.6 cm³/mol. The zero-order valence-corrected chi connectivity index (χ0v) is 10.3. The van der Waals surface area contributed by atoms with Gasteiger partial charge in [-0.05, 0) is 65.8 Å². The minimum atomic E-state index is 0.773. The van der Waals surface area contributed by atoms with Crippen LogP contribution in [-0.4, -0.2) is 0 Å². The molecule has 0 heterocycles. The van der Waals surface area contributed by atoms with Crippen molar-refractivity contribution in [1.29, 1.82) is 0 Å². The van der Waals surface area contributed by atoms with Crippen LogP contribution in [-0.2, 0) is 19.3 Å². The van der Waals surface area contributed by atoms with Gasteiger partial charge in [0, 0.05) is 0 Å². The van der Waals surface area contributed by atoms with Crippen molar-refractivity contribution in [3.63, 3.8) is 0 Å². The maximum Gasteiger partial charge on any atom is -0.00853 e. The molecule has 0 saturated heterocycles. The van der Waals surface area contributed by atoms with E-state index in [1.165, 1.54) is 32.1 Å². The smallest absolute Gasteiger partial charge is 0.00853 e. The molecule has 1 aromatic carbocycles. The summed E-state index contributed by atoms with van der Waals surface area (Å²) < 4.78 is 0. The van der Waals surface area contributed by atoms with Gasteiger partial charge in [-0.2, -0.15) is 0 Å². The molecule has 0 bridgehead atoms. The molecule has 0 amide bonds. The predicted octanol–water partition coefficient (Wildman–Crippen LogP) is 4.16. The maximum absolute atomic E-state index is 2.46. The number of hydrogen-bond donors (Lipinski definition) is 0. The van der Waals surface area contributed by atoms with E-state index < -0.39 is 0 Å². The lowest BCUT2D eigenvalue weighted by Crippen LogP contribution is -1.96. The van der Waals surface area contributed by atoms with E-state index in [9.17, 15) is 0 Å². The molecule has 0 N–H and O–H groups in total. The van der Waals surface area contributed by atoms with E-state index in [0.717, 1.165) is 5.92 Å². The molecule has 0 unspecified atom stereocenters. The zero-order chi connectivity index (χ0) is 11.1. The van der Waals surface area contributed by atoms with Gasteiger partial charge in [0.15, 0.2) is 0 Å². The Morgan fingerprint density at radius 2 is 1.94 bits per heavy atom. The normalized spacial score (nSPS) is 17.6. The van der Waals surface area contributed by atoms with Gasteiger partial charge in [-0.15, -0.1) is 0 Å². The molecular formula is C16H20. The van der Waals surface area contributed by atoms with Crippen molar-refractivity contribution in [3.8, 4) is 0 Å². The van der Waals surface area contributed by atoms with Crippen LogP contribution < -0.4 is 0 Å². The second-order valence-corrected chi connectivity index (χ2v) is 5.62. The Labute approximate surface area is 98.4 Å². The lowest BCUT2D eigenvalue weighted by atomic mass is 9.92. The fourth-order valence-corrected chi connectivity index (χ4v) is 3.25. The van der Waals surface area contributed by atoms with Gasteiger partial charge >= 0.3 is 0 Å². The van der Waals surface area contributed by atoms with E-state index in [2.05, 4.69) is 32.1 Å². The van der Waals surface area contributed by atoms with Gasteiger partial charge in [-0.1, -0.05) is 32.1 Å². The molecule has 0 saturated carbocycles. The highest BCUT2D eigenvalue weighted by Crippen LogP contribution is 2.39. The summed E-state index contributed by atoms with van der Waals surface area (Å²) in [7, 11) is 0. The molecule has 16 heavy (non-hydrogen) atoms. The maximum atomic E-state index is 2.46. The van der Waals surface area contributed by atoms with Gasteiger partial charge in [-0.25, -0.2) is 0 Å². The van der Waals surface area contributed by atoms with Crippen LogP contribution in [0.5, 0.6) is 0 Å². The van der Waals surface area contributed by atoms with E-state index in [1.54, 1.807) is 27.8 Å². The molecule has 1 aromatic rings. The van der Waals surface area contributed by atoms with Crippen LogP contribution in [0, 0.1) is 5.92 Å². The SMILES string of the molecule is CC(C)CC1=CCc2ccc3c(c21)CCC3. The topological polar surface area (TPSA) is 0 Å². The molecule has 2 aliphatic rings. The summed E-state index contributed by atoms with van der Waals surface area (Å²) in [5.41, 5.74) is 8.15. The largest absolute Gasteiger partial charge is 0.0763 e. The average molecular weight is 212 g/mol. The second-order valence-electron chi connectivity index (χ2n) is 5.62. The molecule has 0 atom stereocenters. The summed E-state index contributed by atoms with van der Waals surface area (Å²) in [6.07, 6.45) is 8.86. The Hall–Kier alpha value is -1.04. The molecular weight excluding hydrogens is 192 g/mol. The summed E-state index contributed by atoms with van der Waals surface area (Å²) in [4.78, 5) is 0. The summed E-state index contributed by atoms with van der Waals surface area (Å²) in [5, 5.41) is 0. The molecule has 0 aliphatic heterocycles. The number of fused-ring (bicyclic) bond motifs is 3. The third-order valence-corrected chi connectivity index (χ3v) is 3.89. The third kappa shape index (κ3) is 1.52. The Kier molecular flexibility index (Phi) is 2.38. The van der Waals surface area contributed by atoms with Crippen LogP contribution >= 0.6 is 0 Å². The van der Waals surface area contributed by atoms with E-state index >= 15 is 0 Å². The first-order valence-electron chi connectivity index (χ1n) is 6.58. The van der Waals surface area contributed by atoms with Gasteiger partial charge < -0.3 is 0 Å². The van der Waals surface area contributed by atoms with E-state index in [-0.39, 0.29) is 0 Å². The highest BCUT2D eigenvalue weighted by Gasteiger charge is 2.23. The minimum Gasteiger partial charge on any atom is -0.0763 e. The van der Waals surface area contributed by atoms with Crippen molar-refractivity contribution >= 4 is 5.57 Å². The van der Waals surface area contributed by atoms with Crippen molar-refractivity contribution in [2.24, 2.45) is 5.92 Å². The lowest BCUT2D eigenvalue weighted by Gasteiger charge is -2.13. The summed E-state index contributed by atoms with van der Waals surface area (Å²) in [6, 6.07) is 4.73. The molecule has 2 aliphatic carbocycles. The van der Waals surface area contributed by atoms with Gasteiger partial charge in [0.2, 0.25) is 0 Å². The van der Waals surface area contributed by atoms with Crippen LogP contribution in [0.15, 0.2) is 18.2 Å². The number of aryl methyl sites for hydroxylation is 1. The molecule has 84 valence electrons. The fourth-order valence-electron chi connectivity index (χ4n) is 3.25. The van der Waals surface area contributed by atoms with Crippen molar-refractivity contribution in [1.82, 2.24) is 0 Å². The van der Waals surface area contributed by atoms with E-state index in [4.69, 9.17) is 0 Å². The Bertz CT molecular complexity index is 449. The van der Waals surface area contributed by atoms with Gasteiger partial charge in [0.25, 0.3) is 0 Å². The third-order valence-electron chi connectivity index (χ3n) is 3.89. The van der Waals surface area contributed by atoms with Crippen LogP contribution in [0.4, 0.5) is 0 Å². The lowest BCUT2D eigenvalue weighted by molar-refractivity contribution is 0.673. The van der Waals surface area contributed by atoms with Crippen molar-refractivity contribution in [2.45, 2.75) is 46.0 Å². The molecule has 0 radical (unpaired) electrons. The first-order chi connectivity index (χ1) is 7.75. The highest BCUT2D eigenvalue weighted by molar-refractivity contribution is 5.77. The molecule has 3 rings (SSSR count). The summed E-state index contributed by atoms with van der Waals surface area (Å²) in [6.45, 7) is 4.64. The molecule has 0 heteroatoms. The quantitative estimate of drug-likeness (QED) is 0.690. The number of benzene rings is 1. The van der Waals surface area contributed by atoms with Gasteiger partial charge in [0.05, 0.1) is 0 Å². The van der Waals surface area contributed by atoms with E-state index in [1.807, 2.05) is 0 Å². The molecule has 0 fully saturated rings. The molecule has 0 aromatic heterocycles. The van der Waals surface area contributed by atoms with Crippen LogP contribution in [0.3, 0.4) is 0 Å². The number of allylic oxidation sites excluding steroid dienone is 2.